The number of aromatic nitrogens is 1. The van der Waals surface area contributed by atoms with Crippen LogP contribution in [0.1, 0.15) is 18.9 Å². The molecule has 0 aliphatic heterocycles. The lowest BCUT2D eigenvalue weighted by Gasteiger charge is -2.23. The molecule has 0 spiro atoms. The average molecular weight is 306 g/mol. The maximum Gasteiger partial charge on any atom is 0.241 e. The topological polar surface area (TPSA) is 74.2 Å². The zero-order chi connectivity index (χ0) is 15.3. The van der Waals surface area contributed by atoms with Crippen molar-refractivity contribution in [2.45, 2.75) is 18.9 Å². The van der Waals surface area contributed by atoms with E-state index in [-0.39, 0.29) is 12.3 Å². The quantitative estimate of drug-likeness (QED) is 0.742. The third-order valence-corrected chi connectivity index (χ3v) is 3.19. The lowest BCUT2D eigenvalue weighted by Crippen LogP contribution is -2.36. The predicted octanol–water partition coefficient (Wildman–Crippen LogP) is 2.48. The summed E-state index contributed by atoms with van der Waals surface area (Å²) in [5, 5.41) is 10.9. The van der Waals surface area contributed by atoms with Crippen LogP contribution in [0.15, 0.2) is 48.7 Å². The number of carbonyl (C=O) groups is 1. The number of anilines is 1. The fraction of sp³-hybridized carbons (Fsp3) is 0.200. The Bertz CT molecular complexity index is 617. The molecule has 1 aromatic carbocycles. The number of pyridine rings is 1. The second kappa shape index (κ2) is 6.56. The molecule has 5 nitrogen and oxygen atoms in total. The van der Waals surface area contributed by atoms with Crippen molar-refractivity contribution < 1.29 is 9.90 Å². The molecule has 0 aliphatic rings. The summed E-state index contributed by atoms with van der Waals surface area (Å²) in [5.41, 5.74) is 4.58. The van der Waals surface area contributed by atoms with E-state index < -0.39 is 5.60 Å². The standard InChI is InChI=1S/C15H16ClN3O2/c1-15(21,11-5-3-2-4-6-11)10-14(20)19-18-13-9-12(16)7-8-17-13/h2-9,21H,10H2,1H3,(H,17,18)(H,19,20). The second-order valence-corrected chi connectivity index (χ2v) is 5.29. The summed E-state index contributed by atoms with van der Waals surface area (Å²) in [6, 6.07) is 12.3. The molecule has 0 fully saturated rings. The molecule has 0 saturated heterocycles. The van der Waals surface area contributed by atoms with Crippen molar-refractivity contribution in [1.29, 1.82) is 0 Å². The molecule has 0 radical (unpaired) electrons. The smallest absolute Gasteiger partial charge is 0.241 e. The minimum atomic E-state index is -1.24. The number of hydrogen-bond acceptors (Lipinski definition) is 4. The first-order valence-electron chi connectivity index (χ1n) is 6.42. The highest BCUT2D eigenvalue weighted by atomic mass is 35.5. The molecule has 3 N–H and O–H groups in total. The van der Waals surface area contributed by atoms with Gasteiger partial charge in [-0.05, 0) is 18.6 Å². The van der Waals surface area contributed by atoms with E-state index in [9.17, 15) is 9.90 Å². The number of benzene rings is 1. The van der Waals surface area contributed by atoms with E-state index in [0.29, 0.717) is 16.4 Å². The van der Waals surface area contributed by atoms with Gasteiger partial charge < -0.3 is 5.11 Å². The first-order chi connectivity index (χ1) is 9.97. The maximum absolute atomic E-state index is 11.9. The summed E-state index contributed by atoms with van der Waals surface area (Å²) >= 11 is 5.81. The van der Waals surface area contributed by atoms with Crippen molar-refractivity contribution in [2.75, 3.05) is 5.43 Å². The number of nitrogens with zero attached hydrogens (tertiary/aromatic N) is 1. The number of rotatable bonds is 5. The molecule has 0 bridgehead atoms. The fourth-order valence-corrected chi connectivity index (χ4v) is 2.02. The summed E-state index contributed by atoms with van der Waals surface area (Å²) in [7, 11) is 0. The molecule has 110 valence electrons. The summed E-state index contributed by atoms with van der Waals surface area (Å²) in [5.74, 6) is 0.0702. The van der Waals surface area contributed by atoms with Gasteiger partial charge in [-0.1, -0.05) is 41.9 Å². The van der Waals surface area contributed by atoms with E-state index in [2.05, 4.69) is 15.8 Å². The molecule has 1 unspecified atom stereocenters. The Labute approximate surface area is 127 Å². The van der Waals surface area contributed by atoms with E-state index in [1.54, 1.807) is 31.2 Å². The van der Waals surface area contributed by atoms with E-state index >= 15 is 0 Å². The van der Waals surface area contributed by atoms with Crippen LogP contribution in [0.5, 0.6) is 0 Å². The van der Waals surface area contributed by atoms with Crippen LogP contribution in [-0.2, 0) is 10.4 Å². The highest BCUT2D eigenvalue weighted by Crippen LogP contribution is 2.23. The third kappa shape index (κ3) is 4.44. The zero-order valence-electron chi connectivity index (χ0n) is 11.5. The number of amides is 1. The van der Waals surface area contributed by atoms with Crippen LogP contribution in [-0.4, -0.2) is 16.0 Å². The number of aliphatic hydroxyl groups is 1. The Morgan fingerprint density at radius 2 is 2.05 bits per heavy atom. The molecule has 0 aliphatic carbocycles. The van der Waals surface area contributed by atoms with Crippen LogP contribution in [0.3, 0.4) is 0 Å². The Morgan fingerprint density at radius 3 is 2.71 bits per heavy atom. The largest absolute Gasteiger partial charge is 0.385 e. The number of halogens is 1. The Kier molecular flexibility index (Phi) is 4.77. The number of hydrogen-bond donors (Lipinski definition) is 3. The van der Waals surface area contributed by atoms with Crippen LogP contribution < -0.4 is 10.9 Å². The molecule has 1 amide bonds. The molecule has 1 atom stereocenters. The summed E-state index contributed by atoms with van der Waals surface area (Å²) in [6.07, 6.45) is 1.45. The SMILES string of the molecule is CC(O)(CC(=O)NNc1cc(Cl)ccn1)c1ccccc1. The van der Waals surface area contributed by atoms with Crippen LogP contribution in [0.25, 0.3) is 0 Å². The molecule has 2 rings (SSSR count). The monoisotopic (exact) mass is 305 g/mol. The van der Waals surface area contributed by atoms with Crippen molar-refractivity contribution in [3.05, 3.63) is 59.2 Å². The summed E-state index contributed by atoms with van der Waals surface area (Å²) in [4.78, 5) is 15.9. The molecule has 21 heavy (non-hydrogen) atoms. The van der Waals surface area contributed by atoms with Gasteiger partial charge in [-0.25, -0.2) is 4.98 Å². The molecule has 0 saturated carbocycles. The Morgan fingerprint density at radius 1 is 1.33 bits per heavy atom. The van der Waals surface area contributed by atoms with Crippen molar-refractivity contribution in [2.24, 2.45) is 0 Å². The zero-order valence-corrected chi connectivity index (χ0v) is 12.3. The van der Waals surface area contributed by atoms with Crippen molar-refractivity contribution in [1.82, 2.24) is 10.4 Å². The van der Waals surface area contributed by atoms with Crippen LogP contribution in [0.2, 0.25) is 5.02 Å². The van der Waals surface area contributed by atoms with Crippen LogP contribution >= 0.6 is 11.6 Å². The highest BCUT2D eigenvalue weighted by molar-refractivity contribution is 6.30. The molecule has 1 heterocycles. The van der Waals surface area contributed by atoms with Gasteiger partial charge in [0.05, 0.1) is 12.0 Å². The van der Waals surface area contributed by atoms with E-state index in [4.69, 9.17) is 11.6 Å². The van der Waals surface area contributed by atoms with Gasteiger partial charge in [-0.2, -0.15) is 0 Å². The minimum absolute atomic E-state index is 0.0788. The van der Waals surface area contributed by atoms with Gasteiger partial charge in [-0.15, -0.1) is 0 Å². The molecule has 6 heteroatoms. The van der Waals surface area contributed by atoms with Crippen molar-refractivity contribution in [3.63, 3.8) is 0 Å². The fourth-order valence-electron chi connectivity index (χ4n) is 1.86. The lowest BCUT2D eigenvalue weighted by molar-refractivity contribution is -0.125. The first kappa shape index (κ1) is 15.3. The average Bonchev–Trinajstić information content (AvgIpc) is 2.46. The number of carbonyl (C=O) groups excluding carboxylic acids is 1. The second-order valence-electron chi connectivity index (χ2n) is 4.85. The summed E-state index contributed by atoms with van der Waals surface area (Å²) < 4.78 is 0. The Hall–Kier alpha value is -2.11. The van der Waals surface area contributed by atoms with Crippen LogP contribution in [0.4, 0.5) is 5.82 Å². The van der Waals surface area contributed by atoms with Gasteiger partial charge in [0.25, 0.3) is 0 Å². The number of hydrazine groups is 1. The molecule has 1 aromatic heterocycles. The van der Waals surface area contributed by atoms with Crippen molar-refractivity contribution >= 4 is 23.3 Å². The van der Waals surface area contributed by atoms with Gasteiger partial charge in [0.2, 0.25) is 5.91 Å². The predicted molar refractivity (Wildman–Crippen MR) is 81.6 cm³/mol. The first-order valence-corrected chi connectivity index (χ1v) is 6.79. The minimum Gasteiger partial charge on any atom is -0.385 e. The number of nitrogens with one attached hydrogen (secondary N) is 2. The highest BCUT2D eigenvalue weighted by Gasteiger charge is 2.26. The molecular formula is C15H16ClN3O2. The van der Waals surface area contributed by atoms with Gasteiger partial charge in [0, 0.05) is 17.3 Å². The molecular weight excluding hydrogens is 290 g/mol. The summed E-state index contributed by atoms with van der Waals surface area (Å²) in [6.45, 7) is 1.60. The normalized spacial score (nSPS) is 13.3. The van der Waals surface area contributed by atoms with E-state index in [0.717, 1.165) is 0 Å². The molecule has 2 aromatic rings. The van der Waals surface area contributed by atoms with E-state index in [1.165, 1.54) is 6.20 Å². The van der Waals surface area contributed by atoms with Gasteiger partial charge in [0.1, 0.15) is 5.82 Å². The lowest BCUT2D eigenvalue weighted by atomic mass is 9.92. The van der Waals surface area contributed by atoms with Crippen LogP contribution in [0, 0.1) is 0 Å². The van der Waals surface area contributed by atoms with Crippen molar-refractivity contribution in [3.8, 4) is 0 Å². The van der Waals surface area contributed by atoms with Gasteiger partial charge in [-0.3, -0.25) is 15.6 Å². The Balaban J connectivity index is 1.92. The van der Waals surface area contributed by atoms with Gasteiger partial charge in [0.15, 0.2) is 0 Å². The third-order valence-electron chi connectivity index (χ3n) is 2.95. The van der Waals surface area contributed by atoms with Gasteiger partial charge >= 0.3 is 0 Å². The van der Waals surface area contributed by atoms with E-state index in [1.807, 2.05) is 18.2 Å². The maximum atomic E-state index is 11.9.